The van der Waals surface area contributed by atoms with Crippen molar-refractivity contribution in [3.63, 3.8) is 0 Å². The molecular formula is C10H17CoN3O3-4. The maximum atomic E-state index is 7.75. The van der Waals surface area contributed by atoms with E-state index < -0.39 is 0 Å². The molecule has 1 radical (unpaired) electrons. The van der Waals surface area contributed by atoms with E-state index in [0.29, 0.717) is 0 Å². The molecule has 7 heteroatoms. The smallest absolute Gasteiger partial charge is 0.00415 e. The molecule has 1 aliphatic rings. The van der Waals surface area contributed by atoms with E-state index in [1.165, 1.54) is 0 Å². The fourth-order valence-electron chi connectivity index (χ4n) is 0.847. The third-order valence-corrected chi connectivity index (χ3v) is 1.54. The first-order chi connectivity index (χ1) is 7.50. The summed E-state index contributed by atoms with van der Waals surface area (Å²) in [5, 5.41) is 0. The van der Waals surface area contributed by atoms with Crippen molar-refractivity contribution in [1.82, 2.24) is 9.80 Å². The Morgan fingerprint density at radius 2 is 1.41 bits per heavy atom. The van der Waals surface area contributed by atoms with E-state index in [2.05, 4.69) is 52.1 Å². The van der Waals surface area contributed by atoms with Crippen LogP contribution >= 0.6 is 0 Å². The Balaban J connectivity index is -0.000000106. The van der Waals surface area contributed by atoms with Crippen LogP contribution in [0.5, 0.6) is 0 Å². The van der Waals surface area contributed by atoms with Gasteiger partial charge in [-0.05, 0) is 40.2 Å². The summed E-state index contributed by atoms with van der Waals surface area (Å²) in [7, 11) is 2.03. The van der Waals surface area contributed by atoms with Crippen molar-refractivity contribution in [1.29, 1.82) is 0 Å². The van der Waals surface area contributed by atoms with Gasteiger partial charge in [-0.15, -0.1) is 0 Å². The summed E-state index contributed by atoms with van der Waals surface area (Å²) in [6.45, 7) is 15.1. The molecule has 0 spiro atoms. The summed E-state index contributed by atoms with van der Waals surface area (Å²) in [5.74, 6) is 0. The SMILES string of the molecule is CN1C=CN(C(C)(C)C)[CH-]1.[CH-]=O.[CH-]=O.[Co].[N-]=O. The molecule has 0 bridgehead atoms. The van der Waals surface area contributed by atoms with Crippen molar-refractivity contribution in [2.75, 3.05) is 7.05 Å². The van der Waals surface area contributed by atoms with E-state index in [0.717, 1.165) is 0 Å². The second-order valence-corrected chi connectivity index (χ2v) is 3.66. The fourth-order valence-corrected chi connectivity index (χ4v) is 0.847. The van der Waals surface area contributed by atoms with Gasteiger partial charge in [0, 0.05) is 22.3 Å². The third-order valence-electron chi connectivity index (χ3n) is 1.54. The van der Waals surface area contributed by atoms with Crippen LogP contribution in [0.15, 0.2) is 12.4 Å². The van der Waals surface area contributed by atoms with Gasteiger partial charge < -0.3 is 29.9 Å². The molecule has 0 unspecified atom stereocenters. The molecule has 103 valence electrons. The molecule has 1 aliphatic heterocycles. The predicted molar refractivity (Wildman–Crippen MR) is 63.0 cm³/mol. The van der Waals surface area contributed by atoms with E-state index >= 15 is 0 Å². The van der Waals surface area contributed by atoms with Crippen molar-refractivity contribution >= 4 is 13.6 Å². The zero-order valence-electron chi connectivity index (χ0n) is 10.3. The van der Waals surface area contributed by atoms with Crippen molar-refractivity contribution < 1.29 is 26.4 Å². The average Bonchev–Trinajstić information content (AvgIpc) is 2.73. The maximum Gasteiger partial charge on any atom is 0.00415 e. The van der Waals surface area contributed by atoms with Crippen LogP contribution in [0.25, 0.3) is 5.59 Å². The molecule has 0 aliphatic carbocycles. The van der Waals surface area contributed by atoms with Crippen LogP contribution in [0.2, 0.25) is 0 Å². The van der Waals surface area contributed by atoms with Crippen molar-refractivity contribution in [3.05, 3.63) is 29.6 Å². The summed E-state index contributed by atoms with van der Waals surface area (Å²) >= 11 is 0. The van der Waals surface area contributed by atoms with E-state index in [4.69, 9.17) is 20.1 Å². The van der Waals surface area contributed by atoms with Crippen LogP contribution in [0, 0.1) is 11.6 Å². The van der Waals surface area contributed by atoms with Crippen LogP contribution in [-0.2, 0) is 26.4 Å². The second kappa shape index (κ2) is 14.8. The maximum absolute atomic E-state index is 7.75. The Bertz CT molecular complexity index is 193. The van der Waals surface area contributed by atoms with Gasteiger partial charge in [-0.25, -0.2) is 0 Å². The van der Waals surface area contributed by atoms with Crippen LogP contribution < -0.4 is 0 Å². The number of hydrogen-bond acceptors (Lipinski definition) is 5. The first kappa shape index (κ1) is 24.8. The van der Waals surface area contributed by atoms with Gasteiger partial charge >= 0.3 is 0 Å². The summed E-state index contributed by atoms with van der Waals surface area (Å²) in [6, 6.07) is 0. The molecule has 6 nitrogen and oxygen atoms in total. The average molecular weight is 286 g/mol. The van der Waals surface area contributed by atoms with Crippen molar-refractivity contribution in [2.45, 2.75) is 26.3 Å². The van der Waals surface area contributed by atoms with Crippen LogP contribution in [-0.4, -0.2) is 36.0 Å². The third kappa shape index (κ3) is 12.7. The molecule has 0 aromatic carbocycles. The van der Waals surface area contributed by atoms with Crippen molar-refractivity contribution in [2.24, 2.45) is 0 Å². The van der Waals surface area contributed by atoms with Gasteiger partial charge in [0.05, 0.1) is 0 Å². The summed E-state index contributed by atoms with van der Waals surface area (Å²) < 4.78 is 0. The molecule has 0 amide bonds. The fraction of sp³-hybridized carbons (Fsp3) is 0.500. The first-order valence-electron chi connectivity index (χ1n) is 4.19. The molecule has 0 N–H and O–H groups in total. The van der Waals surface area contributed by atoms with Gasteiger partial charge in [0.15, 0.2) is 0 Å². The van der Waals surface area contributed by atoms with Crippen LogP contribution in [0.4, 0.5) is 0 Å². The van der Waals surface area contributed by atoms with E-state index in [1.54, 1.807) is 0 Å². The summed E-state index contributed by atoms with van der Waals surface area (Å²) in [4.78, 5) is 27.0. The Labute approximate surface area is 113 Å². The van der Waals surface area contributed by atoms with Crippen LogP contribution in [0.3, 0.4) is 0 Å². The normalized spacial score (nSPS) is 11.8. The molecule has 0 aromatic rings. The minimum Gasteiger partial charge on any atom is -0.577 e. The minimum absolute atomic E-state index is 0. The zero-order valence-corrected chi connectivity index (χ0v) is 11.3. The number of nitroso groups, excluding NO2 is 1. The Morgan fingerprint density at radius 3 is 1.53 bits per heavy atom. The monoisotopic (exact) mass is 286 g/mol. The summed E-state index contributed by atoms with van der Waals surface area (Å²) in [5.41, 5.74) is 5.96. The van der Waals surface area contributed by atoms with Crippen molar-refractivity contribution in [3.8, 4) is 0 Å². The zero-order chi connectivity index (χ0) is 13.8. The molecule has 0 atom stereocenters. The quantitative estimate of drug-likeness (QED) is 0.496. The Morgan fingerprint density at radius 1 is 1.06 bits per heavy atom. The second-order valence-electron chi connectivity index (χ2n) is 3.66. The largest absolute Gasteiger partial charge is 0.577 e. The first-order valence-corrected chi connectivity index (χ1v) is 4.19. The van der Waals surface area contributed by atoms with Crippen LogP contribution in [0.1, 0.15) is 20.8 Å². The van der Waals surface area contributed by atoms with E-state index in [-0.39, 0.29) is 22.3 Å². The standard InChI is InChI=1S/C8H15N2.2CHO.Co.NO/c1-8(2,3)10-6-5-9(4)7-10;2*1-2;;1-2/h5-7H,1-4H3;2*1H;;/q3*-1;;-1. The number of carbonyl (C=O) groups excluding carboxylic acids is 2. The van der Waals surface area contributed by atoms with Gasteiger partial charge in [-0.1, -0.05) is 0 Å². The van der Waals surface area contributed by atoms with Gasteiger partial charge in [0.25, 0.3) is 0 Å². The number of nitrogens with zero attached hydrogens (tertiary/aromatic N) is 3. The van der Waals surface area contributed by atoms with E-state index in [9.17, 15) is 0 Å². The predicted octanol–water partition coefficient (Wildman–Crippen LogP) is 1.39. The molecule has 1 rings (SSSR count). The molecule has 1 heterocycles. The number of hydrogen-bond donors (Lipinski definition) is 0. The topological polar surface area (TPSA) is 80.0 Å². The molecule has 0 fully saturated rings. The Kier molecular flexibility index (Phi) is 21.6. The summed E-state index contributed by atoms with van der Waals surface area (Å²) in [6.07, 6.45) is 4.13. The van der Waals surface area contributed by atoms with Gasteiger partial charge in [0.1, 0.15) is 0 Å². The van der Waals surface area contributed by atoms with Gasteiger partial charge in [-0.2, -0.15) is 6.67 Å². The Hall–Kier alpha value is -1.21. The molecular weight excluding hydrogens is 269 g/mol. The van der Waals surface area contributed by atoms with Gasteiger partial charge in [-0.3, -0.25) is 13.6 Å². The molecule has 17 heavy (non-hydrogen) atoms. The number of rotatable bonds is 0. The van der Waals surface area contributed by atoms with E-state index in [1.807, 2.05) is 18.1 Å². The minimum atomic E-state index is 0. The molecule has 0 saturated carbocycles. The molecule has 0 aromatic heterocycles. The van der Waals surface area contributed by atoms with Gasteiger partial charge in [0.2, 0.25) is 0 Å². The molecule has 0 saturated heterocycles.